The zero-order valence-electron chi connectivity index (χ0n) is 7.34. The standard InChI is InChI=1S/C9H16BrNO/c10-5-8-1-3-11(6-8)9-2-4-12-7-9/h8-9H,1-7H2. The van der Waals surface area contributed by atoms with Crippen molar-refractivity contribution >= 4 is 15.9 Å². The summed E-state index contributed by atoms with van der Waals surface area (Å²) in [6, 6.07) is 0.731. The second kappa shape index (κ2) is 4.07. The topological polar surface area (TPSA) is 12.5 Å². The zero-order valence-corrected chi connectivity index (χ0v) is 8.92. The molecule has 2 unspecified atom stereocenters. The van der Waals surface area contributed by atoms with Crippen LogP contribution in [0.3, 0.4) is 0 Å². The fourth-order valence-corrected chi connectivity index (χ4v) is 2.66. The molecule has 0 spiro atoms. The summed E-state index contributed by atoms with van der Waals surface area (Å²) < 4.78 is 5.38. The third-order valence-electron chi connectivity index (χ3n) is 2.96. The molecule has 2 heterocycles. The number of halogens is 1. The molecule has 0 amide bonds. The van der Waals surface area contributed by atoms with Crippen molar-refractivity contribution in [3.63, 3.8) is 0 Å². The smallest absolute Gasteiger partial charge is 0.0622 e. The van der Waals surface area contributed by atoms with E-state index < -0.39 is 0 Å². The van der Waals surface area contributed by atoms with Gasteiger partial charge in [-0.2, -0.15) is 0 Å². The maximum absolute atomic E-state index is 5.38. The highest BCUT2D eigenvalue weighted by Gasteiger charge is 2.29. The molecule has 0 aliphatic carbocycles. The fourth-order valence-electron chi connectivity index (χ4n) is 2.13. The average molecular weight is 234 g/mol. The molecule has 2 fully saturated rings. The van der Waals surface area contributed by atoms with Crippen molar-refractivity contribution < 1.29 is 4.74 Å². The third-order valence-corrected chi connectivity index (χ3v) is 3.87. The number of nitrogens with zero attached hydrogens (tertiary/aromatic N) is 1. The summed E-state index contributed by atoms with van der Waals surface area (Å²) in [5, 5.41) is 1.16. The second-order valence-electron chi connectivity index (χ2n) is 3.82. The van der Waals surface area contributed by atoms with Crippen molar-refractivity contribution in [2.45, 2.75) is 18.9 Å². The van der Waals surface area contributed by atoms with E-state index in [9.17, 15) is 0 Å². The Morgan fingerprint density at radius 3 is 2.92 bits per heavy atom. The van der Waals surface area contributed by atoms with E-state index in [0.717, 1.165) is 30.5 Å². The number of hydrogen-bond donors (Lipinski definition) is 0. The molecule has 2 aliphatic heterocycles. The predicted octanol–water partition coefficient (Wildman–Crippen LogP) is 1.49. The summed E-state index contributed by atoms with van der Waals surface area (Å²) in [6.45, 7) is 4.50. The van der Waals surface area contributed by atoms with E-state index >= 15 is 0 Å². The van der Waals surface area contributed by atoms with Gasteiger partial charge in [-0.1, -0.05) is 15.9 Å². The van der Waals surface area contributed by atoms with Crippen LogP contribution in [0.15, 0.2) is 0 Å². The first-order valence-electron chi connectivity index (χ1n) is 4.78. The number of likely N-dealkylation sites (tertiary alicyclic amines) is 1. The highest BCUT2D eigenvalue weighted by Crippen LogP contribution is 2.23. The maximum atomic E-state index is 5.38. The quantitative estimate of drug-likeness (QED) is 0.671. The van der Waals surface area contributed by atoms with Crippen molar-refractivity contribution in [1.29, 1.82) is 0 Å². The van der Waals surface area contributed by atoms with Gasteiger partial charge in [0.15, 0.2) is 0 Å². The molecule has 2 rings (SSSR count). The van der Waals surface area contributed by atoms with Gasteiger partial charge in [0, 0.05) is 24.5 Å². The Morgan fingerprint density at radius 1 is 1.42 bits per heavy atom. The molecule has 2 aliphatic rings. The third kappa shape index (κ3) is 1.83. The van der Waals surface area contributed by atoms with Gasteiger partial charge in [-0.3, -0.25) is 4.90 Å². The van der Waals surface area contributed by atoms with Crippen LogP contribution in [0.5, 0.6) is 0 Å². The Labute approximate surface area is 82.4 Å². The van der Waals surface area contributed by atoms with E-state index in [1.165, 1.54) is 25.9 Å². The van der Waals surface area contributed by atoms with Crippen LogP contribution in [0.1, 0.15) is 12.8 Å². The number of rotatable bonds is 2. The van der Waals surface area contributed by atoms with Gasteiger partial charge in [0.25, 0.3) is 0 Å². The number of ether oxygens (including phenoxy) is 1. The van der Waals surface area contributed by atoms with E-state index in [4.69, 9.17) is 4.74 Å². The van der Waals surface area contributed by atoms with Crippen LogP contribution in [0.2, 0.25) is 0 Å². The van der Waals surface area contributed by atoms with Crippen molar-refractivity contribution in [2.24, 2.45) is 5.92 Å². The molecule has 2 atom stereocenters. The van der Waals surface area contributed by atoms with E-state index in [1.54, 1.807) is 0 Å². The Bertz CT molecular complexity index is 147. The molecule has 0 aromatic heterocycles. The molecular formula is C9H16BrNO. The summed E-state index contributed by atoms with van der Waals surface area (Å²) in [5.41, 5.74) is 0. The second-order valence-corrected chi connectivity index (χ2v) is 4.47. The van der Waals surface area contributed by atoms with Crippen LogP contribution in [-0.2, 0) is 4.74 Å². The highest BCUT2D eigenvalue weighted by molar-refractivity contribution is 9.09. The minimum absolute atomic E-state index is 0.731. The first kappa shape index (κ1) is 8.97. The molecule has 12 heavy (non-hydrogen) atoms. The Kier molecular flexibility index (Phi) is 3.05. The van der Waals surface area contributed by atoms with Crippen molar-refractivity contribution in [2.75, 3.05) is 31.6 Å². The van der Waals surface area contributed by atoms with E-state index in [1.807, 2.05) is 0 Å². The summed E-state index contributed by atoms with van der Waals surface area (Å²) in [6.07, 6.45) is 2.61. The van der Waals surface area contributed by atoms with E-state index in [0.29, 0.717) is 0 Å². The van der Waals surface area contributed by atoms with Crippen LogP contribution in [0.25, 0.3) is 0 Å². The van der Waals surface area contributed by atoms with Gasteiger partial charge in [-0.15, -0.1) is 0 Å². The zero-order chi connectivity index (χ0) is 8.39. The molecule has 2 nitrogen and oxygen atoms in total. The minimum Gasteiger partial charge on any atom is -0.380 e. The molecule has 0 bridgehead atoms. The first-order chi connectivity index (χ1) is 5.90. The van der Waals surface area contributed by atoms with E-state index in [2.05, 4.69) is 20.8 Å². The molecule has 0 saturated carbocycles. The van der Waals surface area contributed by atoms with Gasteiger partial charge in [0.2, 0.25) is 0 Å². The van der Waals surface area contributed by atoms with Crippen LogP contribution >= 0.6 is 15.9 Å². The normalized spacial score (nSPS) is 37.8. The Balaban J connectivity index is 1.81. The Morgan fingerprint density at radius 2 is 2.33 bits per heavy atom. The molecule has 70 valence electrons. The van der Waals surface area contributed by atoms with Crippen LogP contribution < -0.4 is 0 Å². The maximum Gasteiger partial charge on any atom is 0.0622 e. The van der Waals surface area contributed by atoms with Crippen LogP contribution in [0, 0.1) is 5.92 Å². The lowest BCUT2D eigenvalue weighted by Crippen LogP contribution is -2.33. The molecule has 0 aromatic rings. The summed E-state index contributed by atoms with van der Waals surface area (Å²) in [7, 11) is 0. The Hall–Kier alpha value is 0.400. The minimum atomic E-state index is 0.731. The summed E-state index contributed by atoms with van der Waals surface area (Å²) in [5.74, 6) is 0.880. The highest BCUT2D eigenvalue weighted by atomic mass is 79.9. The molecule has 0 N–H and O–H groups in total. The number of alkyl halides is 1. The van der Waals surface area contributed by atoms with Gasteiger partial charge in [0.1, 0.15) is 0 Å². The summed E-state index contributed by atoms with van der Waals surface area (Å²) in [4.78, 5) is 2.60. The summed E-state index contributed by atoms with van der Waals surface area (Å²) >= 11 is 3.55. The average Bonchev–Trinajstić information content (AvgIpc) is 2.75. The fraction of sp³-hybridized carbons (Fsp3) is 1.00. The first-order valence-corrected chi connectivity index (χ1v) is 5.90. The van der Waals surface area contributed by atoms with Gasteiger partial charge < -0.3 is 4.74 Å². The van der Waals surface area contributed by atoms with Crippen molar-refractivity contribution in [1.82, 2.24) is 4.90 Å². The van der Waals surface area contributed by atoms with Gasteiger partial charge in [-0.25, -0.2) is 0 Å². The van der Waals surface area contributed by atoms with E-state index in [-0.39, 0.29) is 0 Å². The molecule has 2 saturated heterocycles. The largest absolute Gasteiger partial charge is 0.380 e. The van der Waals surface area contributed by atoms with Gasteiger partial charge >= 0.3 is 0 Å². The molecular weight excluding hydrogens is 218 g/mol. The molecule has 0 radical (unpaired) electrons. The van der Waals surface area contributed by atoms with Gasteiger partial charge in [0.05, 0.1) is 6.61 Å². The van der Waals surface area contributed by atoms with Gasteiger partial charge in [-0.05, 0) is 25.3 Å². The van der Waals surface area contributed by atoms with Crippen molar-refractivity contribution in [3.8, 4) is 0 Å². The molecule has 3 heteroatoms. The van der Waals surface area contributed by atoms with Crippen LogP contribution in [-0.4, -0.2) is 42.6 Å². The SMILES string of the molecule is BrCC1CCN(C2CCOC2)C1. The lowest BCUT2D eigenvalue weighted by Gasteiger charge is -2.21. The van der Waals surface area contributed by atoms with Crippen LogP contribution in [0.4, 0.5) is 0 Å². The molecule has 0 aromatic carbocycles. The van der Waals surface area contributed by atoms with Crippen molar-refractivity contribution in [3.05, 3.63) is 0 Å². The predicted molar refractivity (Wildman–Crippen MR) is 52.7 cm³/mol. The lowest BCUT2D eigenvalue weighted by molar-refractivity contribution is 0.157. The monoisotopic (exact) mass is 233 g/mol. The lowest BCUT2D eigenvalue weighted by atomic mass is 10.2. The number of hydrogen-bond acceptors (Lipinski definition) is 2.